The fourth-order valence-corrected chi connectivity index (χ4v) is 5.96. The maximum Gasteiger partial charge on any atom is 0.301 e. The van der Waals surface area contributed by atoms with Gasteiger partial charge in [0, 0.05) is 5.56 Å². The van der Waals surface area contributed by atoms with Gasteiger partial charge in [-0.3, -0.25) is 14.5 Å². The predicted octanol–water partition coefficient (Wildman–Crippen LogP) is 7.29. The number of aliphatic hydroxyl groups is 1. The Morgan fingerprint density at radius 1 is 0.881 bits per heavy atom. The minimum absolute atomic E-state index is 0.0143. The molecule has 1 aromatic heterocycles. The highest BCUT2D eigenvalue weighted by molar-refractivity contribution is 7.22. The van der Waals surface area contributed by atoms with E-state index in [-0.39, 0.29) is 11.3 Å². The van der Waals surface area contributed by atoms with Crippen LogP contribution >= 0.6 is 11.3 Å². The second-order valence-corrected chi connectivity index (χ2v) is 10.8. The van der Waals surface area contributed by atoms with E-state index in [0.29, 0.717) is 58.8 Å². The van der Waals surface area contributed by atoms with Crippen LogP contribution in [0.2, 0.25) is 0 Å². The number of hydrogen-bond acceptors (Lipinski definition) is 8. The summed E-state index contributed by atoms with van der Waals surface area (Å²) in [6, 6.07) is 18.8. The van der Waals surface area contributed by atoms with Crippen molar-refractivity contribution in [2.75, 3.05) is 24.7 Å². The van der Waals surface area contributed by atoms with Crippen LogP contribution in [-0.4, -0.2) is 41.6 Å². The highest BCUT2D eigenvalue weighted by Gasteiger charge is 2.48. The smallest absolute Gasteiger partial charge is 0.301 e. The number of hydrogen-bond donors (Lipinski definition) is 1. The fourth-order valence-electron chi connectivity index (χ4n) is 4.94. The molecule has 0 aliphatic carbocycles. The number of aromatic nitrogens is 1. The zero-order valence-electron chi connectivity index (χ0n) is 24.0. The van der Waals surface area contributed by atoms with Crippen molar-refractivity contribution >= 4 is 44.1 Å². The van der Waals surface area contributed by atoms with Crippen molar-refractivity contribution in [3.63, 3.8) is 0 Å². The van der Waals surface area contributed by atoms with E-state index >= 15 is 0 Å². The molecule has 1 saturated heterocycles. The minimum atomic E-state index is -0.901. The highest BCUT2D eigenvalue weighted by atomic mass is 32.1. The zero-order valence-corrected chi connectivity index (χ0v) is 24.8. The topological polar surface area (TPSA) is 98.2 Å². The average Bonchev–Trinajstić information content (AvgIpc) is 3.53. The third-order valence-corrected chi connectivity index (χ3v) is 7.96. The van der Waals surface area contributed by atoms with Crippen LogP contribution in [0, 0.1) is 0 Å². The van der Waals surface area contributed by atoms with Crippen molar-refractivity contribution in [2.45, 2.75) is 46.1 Å². The molecule has 1 atom stereocenters. The average molecular weight is 587 g/mol. The van der Waals surface area contributed by atoms with Gasteiger partial charge in [-0.25, -0.2) is 4.98 Å². The number of carbonyl (C=O) groups excluding carboxylic acids is 2. The Balaban J connectivity index is 1.60. The Morgan fingerprint density at radius 2 is 1.60 bits per heavy atom. The number of unbranched alkanes of at least 4 members (excludes halogenated alkanes) is 2. The van der Waals surface area contributed by atoms with Gasteiger partial charge in [-0.2, -0.15) is 0 Å². The molecule has 1 fully saturated rings. The molecule has 8 nitrogen and oxygen atoms in total. The van der Waals surface area contributed by atoms with Gasteiger partial charge in [-0.1, -0.05) is 55.4 Å². The van der Waals surface area contributed by atoms with Gasteiger partial charge < -0.3 is 19.3 Å². The van der Waals surface area contributed by atoms with E-state index in [0.717, 1.165) is 24.0 Å². The van der Waals surface area contributed by atoms with E-state index in [1.54, 1.807) is 24.3 Å². The molecule has 218 valence electrons. The number of Topliss-reactive ketones (excluding diaryl/α,β-unsaturated/α-hetero) is 1. The third kappa shape index (κ3) is 5.97. The molecule has 1 N–H and O–H groups in total. The molecular weight excluding hydrogens is 552 g/mol. The van der Waals surface area contributed by atoms with Crippen LogP contribution < -0.4 is 19.1 Å². The van der Waals surface area contributed by atoms with E-state index in [2.05, 4.69) is 6.92 Å². The van der Waals surface area contributed by atoms with Crippen molar-refractivity contribution in [2.24, 2.45) is 0 Å². The van der Waals surface area contributed by atoms with Crippen LogP contribution in [0.1, 0.15) is 57.2 Å². The van der Waals surface area contributed by atoms with Crippen molar-refractivity contribution in [3.05, 3.63) is 83.4 Å². The van der Waals surface area contributed by atoms with Gasteiger partial charge in [0.25, 0.3) is 5.78 Å². The summed E-state index contributed by atoms with van der Waals surface area (Å²) >= 11 is 1.29. The standard InChI is InChI=1S/C33H34N2O6S/c1-4-7-8-18-41-23-14-12-21(13-15-23)29-28(30(36)22-10-9-11-24(19-22)39-5-2)31(37)32(38)35(29)33-34-26-17-16-25(40-6-3)20-27(26)42-33/h9-17,19-20,29,36H,4-8,18H2,1-3H3/b30-28+. The Morgan fingerprint density at radius 3 is 2.31 bits per heavy atom. The summed E-state index contributed by atoms with van der Waals surface area (Å²) in [7, 11) is 0. The molecule has 0 bridgehead atoms. The number of anilines is 1. The van der Waals surface area contributed by atoms with Gasteiger partial charge in [0.15, 0.2) is 5.13 Å². The van der Waals surface area contributed by atoms with Crippen LogP contribution in [0.15, 0.2) is 72.3 Å². The SMILES string of the molecule is CCCCCOc1ccc(C2/C(=C(\O)c3cccc(OCC)c3)C(=O)C(=O)N2c2nc3ccc(OCC)cc3s2)cc1. The monoisotopic (exact) mass is 586 g/mol. The van der Waals surface area contributed by atoms with Crippen LogP contribution in [0.5, 0.6) is 17.2 Å². The number of rotatable bonds is 12. The second kappa shape index (κ2) is 13.1. The maximum atomic E-state index is 13.6. The van der Waals surface area contributed by atoms with E-state index in [9.17, 15) is 14.7 Å². The number of aliphatic hydroxyl groups excluding tert-OH is 1. The summed E-state index contributed by atoms with van der Waals surface area (Å²) < 4.78 is 17.9. The van der Waals surface area contributed by atoms with Gasteiger partial charge in [-0.15, -0.1) is 0 Å². The highest BCUT2D eigenvalue weighted by Crippen LogP contribution is 2.45. The van der Waals surface area contributed by atoms with Crippen LogP contribution in [0.4, 0.5) is 5.13 Å². The minimum Gasteiger partial charge on any atom is -0.507 e. The lowest BCUT2D eigenvalue weighted by Gasteiger charge is -2.23. The Kier molecular flexibility index (Phi) is 9.07. The summed E-state index contributed by atoms with van der Waals surface area (Å²) in [5, 5.41) is 11.9. The molecule has 9 heteroatoms. The molecule has 4 aromatic rings. The number of nitrogens with zero attached hydrogens (tertiary/aromatic N) is 2. The molecule has 1 amide bonds. The summed E-state index contributed by atoms with van der Waals surface area (Å²) in [6.07, 6.45) is 3.15. The first kappa shape index (κ1) is 29.1. The second-order valence-electron chi connectivity index (χ2n) is 9.81. The number of fused-ring (bicyclic) bond motifs is 1. The molecule has 5 rings (SSSR count). The fraction of sp³-hybridized carbons (Fsp3) is 0.303. The molecule has 3 aromatic carbocycles. The zero-order chi connectivity index (χ0) is 29.6. The van der Waals surface area contributed by atoms with E-state index in [4.69, 9.17) is 19.2 Å². The lowest BCUT2D eigenvalue weighted by atomic mass is 9.95. The van der Waals surface area contributed by atoms with Crippen LogP contribution in [-0.2, 0) is 9.59 Å². The lowest BCUT2D eigenvalue weighted by molar-refractivity contribution is -0.132. The number of thiazole rings is 1. The Hall–Kier alpha value is -4.37. The maximum absolute atomic E-state index is 13.6. The number of carbonyl (C=O) groups is 2. The molecule has 0 radical (unpaired) electrons. The summed E-state index contributed by atoms with van der Waals surface area (Å²) in [4.78, 5) is 33.3. The summed E-state index contributed by atoms with van der Waals surface area (Å²) in [5.41, 5.74) is 1.69. The quantitative estimate of drug-likeness (QED) is 0.0806. The third-order valence-electron chi connectivity index (χ3n) is 6.94. The molecule has 42 heavy (non-hydrogen) atoms. The molecule has 0 spiro atoms. The van der Waals surface area contributed by atoms with E-state index in [1.165, 1.54) is 16.2 Å². The van der Waals surface area contributed by atoms with Crippen molar-refractivity contribution in [3.8, 4) is 17.2 Å². The van der Waals surface area contributed by atoms with Gasteiger partial charge in [-0.05, 0) is 68.3 Å². The Labute approximate surface area is 249 Å². The molecule has 1 unspecified atom stereocenters. The largest absolute Gasteiger partial charge is 0.507 e. The summed E-state index contributed by atoms with van der Waals surface area (Å²) in [6.45, 7) is 7.50. The first-order valence-corrected chi connectivity index (χ1v) is 15.1. The number of ether oxygens (including phenoxy) is 3. The van der Waals surface area contributed by atoms with Crippen LogP contribution in [0.3, 0.4) is 0 Å². The Bertz CT molecular complexity index is 1610. The van der Waals surface area contributed by atoms with Crippen molar-refractivity contribution < 1.29 is 28.9 Å². The molecule has 0 saturated carbocycles. The number of benzene rings is 3. The van der Waals surface area contributed by atoms with Crippen molar-refractivity contribution in [1.82, 2.24) is 4.98 Å². The van der Waals surface area contributed by atoms with Gasteiger partial charge >= 0.3 is 5.91 Å². The van der Waals surface area contributed by atoms with Gasteiger partial charge in [0.1, 0.15) is 23.0 Å². The lowest BCUT2D eigenvalue weighted by Crippen LogP contribution is -2.29. The van der Waals surface area contributed by atoms with Gasteiger partial charge in [0.05, 0.1) is 41.7 Å². The predicted molar refractivity (Wildman–Crippen MR) is 165 cm³/mol. The first-order chi connectivity index (χ1) is 20.4. The van der Waals surface area contributed by atoms with Crippen LogP contribution in [0.25, 0.3) is 16.0 Å². The number of ketones is 1. The molecular formula is C33H34N2O6S. The van der Waals surface area contributed by atoms with E-state index in [1.807, 2.05) is 56.3 Å². The molecule has 1 aliphatic rings. The van der Waals surface area contributed by atoms with Crippen molar-refractivity contribution in [1.29, 1.82) is 0 Å². The first-order valence-electron chi connectivity index (χ1n) is 14.3. The van der Waals surface area contributed by atoms with E-state index < -0.39 is 17.7 Å². The number of amides is 1. The summed E-state index contributed by atoms with van der Waals surface area (Å²) in [5.74, 6) is 0.123. The molecule has 1 aliphatic heterocycles. The van der Waals surface area contributed by atoms with Gasteiger partial charge in [0.2, 0.25) is 0 Å². The molecule has 2 heterocycles. The normalized spacial score (nSPS) is 16.3.